The maximum absolute atomic E-state index is 13.5. The van der Waals surface area contributed by atoms with E-state index in [1.54, 1.807) is 47.0 Å². The summed E-state index contributed by atoms with van der Waals surface area (Å²) in [4.78, 5) is 72.4. The number of piperazine rings is 1. The molecule has 3 aromatic rings. The van der Waals surface area contributed by atoms with Gasteiger partial charge >= 0.3 is 12.1 Å². The first kappa shape index (κ1) is 31.2. The average Bonchev–Trinajstić information content (AvgIpc) is 3.63. The molecule has 15 heteroatoms. The van der Waals surface area contributed by atoms with Gasteiger partial charge in [0.25, 0.3) is 11.8 Å². The number of carboxylic acids is 1. The quantitative estimate of drug-likeness (QED) is 0.334. The molecule has 2 N–H and O–H groups in total. The Labute approximate surface area is 258 Å². The molecule has 2 aliphatic heterocycles. The highest BCUT2D eigenvalue weighted by Gasteiger charge is 2.32. The minimum absolute atomic E-state index is 0.0592. The third-order valence-electron chi connectivity index (χ3n) is 7.83. The van der Waals surface area contributed by atoms with Gasteiger partial charge in [0.05, 0.1) is 30.6 Å². The molecule has 1 aromatic carbocycles. The zero-order valence-corrected chi connectivity index (χ0v) is 25.1. The van der Waals surface area contributed by atoms with Gasteiger partial charge in [-0.05, 0) is 25.5 Å². The second-order valence-electron chi connectivity index (χ2n) is 10.8. The number of amides is 4. The van der Waals surface area contributed by atoms with E-state index in [0.717, 1.165) is 11.3 Å². The molecule has 4 heterocycles. The Kier molecular flexibility index (Phi) is 9.45. The summed E-state index contributed by atoms with van der Waals surface area (Å²) in [6, 6.07) is 7.25. The van der Waals surface area contributed by atoms with Crippen molar-refractivity contribution in [1.82, 2.24) is 34.8 Å². The number of para-hydroxylation sites is 1. The van der Waals surface area contributed by atoms with Gasteiger partial charge < -0.3 is 34.6 Å². The predicted octanol–water partition coefficient (Wildman–Crippen LogP) is 1.15. The molecule has 2 aromatic heterocycles. The van der Waals surface area contributed by atoms with Crippen LogP contribution in [-0.2, 0) is 39.3 Å². The van der Waals surface area contributed by atoms with Crippen molar-refractivity contribution in [3.8, 4) is 5.75 Å². The van der Waals surface area contributed by atoms with Gasteiger partial charge in [-0.15, -0.1) is 0 Å². The molecule has 2 aliphatic rings. The standard InChI is InChI=1S/C30H35N7O8/c1-3-44-30(43)36-12-10-35(11-13-36)29(42)22(8-9-27(39)40)33-28(41)23-14-25(20-6-4-5-7-21(20)32-23)45-18-26(38)37-16-19-15-31-34(2)24(19)17-37/h4-7,14-15,22H,3,8-13,16-18H2,1-2H3,(H,33,41)(H,39,40)/t22-/m0/s1. The summed E-state index contributed by atoms with van der Waals surface area (Å²) in [7, 11) is 1.82. The van der Waals surface area contributed by atoms with E-state index in [1.165, 1.54) is 15.9 Å². The fraction of sp³-hybridized carbons (Fsp3) is 0.433. The third kappa shape index (κ3) is 7.13. The van der Waals surface area contributed by atoms with Crippen LogP contribution in [0.25, 0.3) is 10.9 Å². The molecule has 238 valence electrons. The first-order chi connectivity index (χ1) is 21.6. The first-order valence-electron chi connectivity index (χ1n) is 14.7. The fourth-order valence-corrected chi connectivity index (χ4v) is 5.37. The summed E-state index contributed by atoms with van der Waals surface area (Å²) >= 11 is 0. The number of hydrogen-bond acceptors (Lipinski definition) is 9. The summed E-state index contributed by atoms with van der Waals surface area (Å²) < 4.78 is 12.7. The van der Waals surface area contributed by atoms with Gasteiger partial charge in [0.2, 0.25) is 5.91 Å². The number of fused-ring (bicyclic) bond motifs is 2. The van der Waals surface area contributed by atoms with E-state index < -0.39 is 29.9 Å². The molecule has 0 unspecified atom stereocenters. The van der Waals surface area contributed by atoms with Gasteiger partial charge in [-0.2, -0.15) is 5.10 Å². The highest BCUT2D eigenvalue weighted by atomic mass is 16.6. The largest absolute Gasteiger partial charge is 0.483 e. The zero-order valence-electron chi connectivity index (χ0n) is 25.1. The highest BCUT2D eigenvalue weighted by Crippen LogP contribution is 2.27. The van der Waals surface area contributed by atoms with E-state index >= 15 is 0 Å². The van der Waals surface area contributed by atoms with Crippen LogP contribution >= 0.6 is 0 Å². The molecule has 0 spiro atoms. The molecule has 0 radical (unpaired) electrons. The zero-order chi connectivity index (χ0) is 32.1. The van der Waals surface area contributed by atoms with Gasteiger partial charge in [0.15, 0.2) is 6.61 Å². The molecule has 0 aliphatic carbocycles. The van der Waals surface area contributed by atoms with Crippen LogP contribution in [0.1, 0.15) is 41.5 Å². The molecular weight excluding hydrogens is 586 g/mol. The lowest BCUT2D eigenvalue weighted by atomic mass is 10.1. The molecule has 45 heavy (non-hydrogen) atoms. The van der Waals surface area contributed by atoms with E-state index in [1.807, 2.05) is 7.05 Å². The maximum Gasteiger partial charge on any atom is 0.409 e. The molecule has 15 nitrogen and oxygen atoms in total. The number of hydrogen-bond donors (Lipinski definition) is 2. The van der Waals surface area contributed by atoms with E-state index in [2.05, 4.69) is 15.4 Å². The van der Waals surface area contributed by atoms with Crippen molar-refractivity contribution in [2.24, 2.45) is 7.05 Å². The monoisotopic (exact) mass is 621 g/mol. The molecule has 1 fully saturated rings. The van der Waals surface area contributed by atoms with Gasteiger partial charge in [-0.3, -0.25) is 23.9 Å². The number of nitrogens with zero attached hydrogens (tertiary/aromatic N) is 6. The highest BCUT2D eigenvalue weighted by molar-refractivity contribution is 5.99. The van der Waals surface area contributed by atoms with Crippen molar-refractivity contribution in [2.45, 2.75) is 38.9 Å². The second kappa shape index (κ2) is 13.6. The lowest BCUT2D eigenvalue weighted by molar-refractivity contribution is -0.138. The van der Waals surface area contributed by atoms with Crippen LogP contribution in [0.5, 0.6) is 5.75 Å². The third-order valence-corrected chi connectivity index (χ3v) is 7.83. The number of carbonyl (C=O) groups is 5. The summed E-state index contributed by atoms with van der Waals surface area (Å²) in [5.74, 6) is -2.25. The maximum atomic E-state index is 13.5. The van der Waals surface area contributed by atoms with Crippen LogP contribution in [0.2, 0.25) is 0 Å². The Morgan fingerprint density at radius 1 is 1.02 bits per heavy atom. The number of aromatic nitrogens is 3. The number of aliphatic carboxylic acids is 1. The van der Waals surface area contributed by atoms with Crippen molar-refractivity contribution >= 4 is 40.7 Å². The second-order valence-corrected chi connectivity index (χ2v) is 10.8. The molecule has 1 atom stereocenters. The minimum Gasteiger partial charge on any atom is -0.483 e. The Morgan fingerprint density at radius 2 is 1.76 bits per heavy atom. The van der Waals surface area contributed by atoms with Crippen molar-refractivity contribution in [3.63, 3.8) is 0 Å². The number of carboxylic acid groups (broad SMARTS) is 1. The van der Waals surface area contributed by atoms with Crippen molar-refractivity contribution < 1.29 is 38.6 Å². The topological polar surface area (TPSA) is 176 Å². The Hall–Kier alpha value is -5.21. The van der Waals surface area contributed by atoms with Crippen molar-refractivity contribution in [1.29, 1.82) is 0 Å². The van der Waals surface area contributed by atoms with E-state index in [0.29, 0.717) is 24.0 Å². The average molecular weight is 622 g/mol. The minimum atomic E-state index is -1.15. The summed E-state index contributed by atoms with van der Waals surface area (Å²) in [6.07, 6.45) is 0.780. The van der Waals surface area contributed by atoms with Crippen LogP contribution < -0.4 is 10.1 Å². The summed E-state index contributed by atoms with van der Waals surface area (Å²) in [6.45, 7) is 3.42. The van der Waals surface area contributed by atoms with Gasteiger partial charge in [0, 0.05) is 63.2 Å². The SMILES string of the molecule is CCOC(=O)N1CCN(C(=O)[C@H](CCC(=O)O)NC(=O)c2cc(OCC(=O)N3Cc4cnn(C)c4C3)c3ccccc3n2)CC1. The fourth-order valence-electron chi connectivity index (χ4n) is 5.37. The molecule has 0 bridgehead atoms. The Morgan fingerprint density at radius 3 is 2.47 bits per heavy atom. The lowest BCUT2D eigenvalue weighted by Crippen LogP contribution is -2.56. The molecule has 1 saturated heterocycles. The number of carbonyl (C=O) groups excluding carboxylic acids is 4. The van der Waals surface area contributed by atoms with Gasteiger partial charge in [0.1, 0.15) is 17.5 Å². The smallest absolute Gasteiger partial charge is 0.409 e. The lowest BCUT2D eigenvalue weighted by Gasteiger charge is -2.35. The van der Waals surface area contributed by atoms with Crippen LogP contribution in [-0.4, -0.2) is 110 Å². The molecular formula is C30H35N7O8. The van der Waals surface area contributed by atoms with Gasteiger partial charge in [-0.25, -0.2) is 9.78 Å². The number of pyridine rings is 1. The summed E-state index contributed by atoms with van der Waals surface area (Å²) in [5.41, 5.74) is 2.32. The number of ether oxygens (including phenoxy) is 2. The van der Waals surface area contributed by atoms with Crippen LogP contribution in [0, 0.1) is 0 Å². The Bertz CT molecular complexity index is 1610. The number of nitrogens with one attached hydrogen (secondary N) is 1. The van der Waals surface area contributed by atoms with Crippen LogP contribution in [0.15, 0.2) is 36.5 Å². The Balaban J connectivity index is 1.28. The number of aryl methyl sites for hydroxylation is 1. The predicted molar refractivity (Wildman–Crippen MR) is 158 cm³/mol. The van der Waals surface area contributed by atoms with Crippen molar-refractivity contribution in [3.05, 3.63) is 53.5 Å². The molecule has 4 amide bonds. The summed E-state index contributed by atoms with van der Waals surface area (Å²) in [5, 5.41) is 16.7. The van der Waals surface area contributed by atoms with E-state index in [4.69, 9.17) is 9.47 Å². The number of benzene rings is 1. The van der Waals surface area contributed by atoms with Crippen LogP contribution in [0.3, 0.4) is 0 Å². The van der Waals surface area contributed by atoms with E-state index in [-0.39, 0.29) is 69.6 Å². The number of rotatable bonds is 10. The van der Waals surface area contributed by atoms with Gasteiger partial charge in [-0.1, -0.05) is 12.1 Å². The van der Waals surface area contributed by atoms with E-state index in [9.17, 15) is 29.1 Å². The molecule has 0 saturated carbocycles. The normalized spacial score (nSPS) is 15.0. The van der Waals surface area contributed by atoms with Crippen LogP contribution in [0.4, 0.5) is 4.79 Å². The molecule has 5 rings (SSSR count). The van der Waals surface area contributed by atoms with Crippen molar-refractivity contribution in [2.75, 3.05) is 39.4 Å². The first-order valence-corrected chi connectivity index (χ1v) is 14.7.